The molecule has 0 fully saturated rings. The van der Waals surface area contributed by atoms with Gasteiger partial charge in [-0.05, 0) is 12.5 Å². The Morgan fingerprint density at radius 1 is 1.43 bits per heavy atom. The van der Waals surface area contributed by atoms with Gasteiger partial charge in [-0.25, -0.2) is 0 Å². The lowest BCUT2D eigenvalue weighted by atomic mass is 10.1. The molecule has 0 saturated heterocycles. The molecule has 0 bridgehead atoms. The molecule has 1 aromatic rings. The Morgan fingerprint density at radius 3 is 2.62 bits per heavy atom. The van der Waals surface area contributed by atoms with Gasteiger partial charge in [0.15, 0.2) is 0 Å². The van der Waals surface area contributed by atoms with Gasteiger partial charge in [0.1, 0.15) is 11.6 Å². The number of nitro groups is 1. The lowest BCUT2D eigenvalue weighted by Crippen LogP contribution is -2.37. The van der Waals surface area contributed by atoms with Crippen molar-refractivity contribution >= 4 is 29.2 Å². The highest BCUT2D eigenvalue weighted by Gasteiger charge is 2.24. The number of carbonyl (C=O) groups is 2. The molecule has 0 aliphatic carbocycles. The van der Waals surface area contributed by atoms with Crippen LogP contribution in [0.4, 0.5) is 5.69 Å². The Labute approximate surface area is 126 Å². The number of hydrogen-bond acceptors (Lipinski definition) is 5. The zero-order valence-electron chi connectivity index (χ0n) is 11.7. The number of methoxy groups -OCH3 is 1. The summed E-state index contributed by atoms with van der Waals surface area (Å²) in [5.74, 6) is -1.12. The molecular formula is C13H15ClN2O5. The zero-order chi connectivity index (χ0) is 16.0. The summed E-state index contributed by atoms with van der Waals surface area (Å²) in [5.41, 5.74) is -0.361. The molecule has 1 rings (SSSR count). The van der Waals surface area contributed by atoms with Crippen molar-refractivity contribution in [3.05, 3.63) is 38.9 Å². The number of carbonyl (C=O) groups excluding carboxylic acids is 2. The summed E-state index contributed by atoms with van der Waals surface area (Å²) < 4.78 is 4.53. The molecular weight excluding hydrogens is 300 g/mol. The number of esters is 1. The number of ether oxygens (including phenoxy) is 1. The van der Waals surface area contributed by atoms with Gasteiger partial charge >= 0.3 is 5.97 Å². The highest BCUT2D eigenvalue weighted by atomic mass is 35.5. The standard InChI is InChI=1S/C13H15ClN2O5/c1-3-7-15(8-11(17)21-2)13(18)9-5-4-6-10(12(9)14)16(19)20/h4-6H,3,7-8H2,1-2H3. The van der Waals surface area contributed by atoms with E-state index >= 15 is 0 Å². The lowest BCUT2D eigenvalue weighted by Gasteiger charge is -2.21. The molecule has 0 radical (unpaired) electrons. The van der Waals surface area contributed by atoms with Crippen LogP contribution in [0.5, 0.6) is 0 Å². The van der Waals surface area contributed by atoms with Crippen LogP contribution >= 0.6 is 11.6 Å². The summed E-state index contributed by atoms with van der Waals surface area (Å²) in [6.45, 7) is 1.92. The number of rotatable bonds is 6. The van der Waals surface area contributed by atoms with Crippen molar-refractivity contribution in [3.8, 4) is 0 Å². The number of hydrogen-bond donors (Lipinski definition) is 0. The van der Waals surface area contributed by atoms with Crippen LogP contribution < -0.4 is 0 Å². The molecule has 0 spiro atoms. The molecule has 21 heavy (non-hydrogen) atoms. The minimum atomic E-state index is -0.663. The smallest absolute Gasteiger partial charge is 0.325 e. The van der Waals surface area contributed by atoms with Gasteiger partial charge in [-0.15, -0.1) is 0 Å². The van der Waals surface area contributed by atoms with E-state index in [9.17, 15) is 19.7 Å². The molecule has 8 heteroatoms. The summed E-state index contributed by atoms with van der Waals surface area (Å²) >= 11 is 5.91. The second kappa shape index (κ2) is 7.58. The number of amides is 1. The predicted molar refractivity (Wildman–Crippen MR) is 76.3 cm³/mol. The maximum absolute atomic E-state index is 12.4. The van der Waals surface area contributed by atoms with E-state index in [2.05, 4.69) is 4.74 Å². The Hall–Kier alpha value is -2.15. The molecule has 0 aliphatic heterocycles. The molecule has 1 amide bonds. The first-order valence-corrected chi connectivity index (χ1v) is 6.59. The van der Waals surface area contributed by atoms with E-state index < -0.39 is 16.8 Å². The van der Waals surface area contributed by atoms with Gasteiger partial charge in [0.05, 0.1) is 17.6 Å². The van der Waals surface area contributed by atoms with Crippen LogP contribution in [0.1, 0.15) is 23.7 Å². The largest absolute Gasteiger partial charge is 0.468 e. The van der Waals surface area contributed by atoms with Crippen LogP contribution in [0.15, 0.2) is 18.2 Å². The normalized spacial score (nSPS) is 10.0. The third kappa shape index (κ3) is 4.16. The lowest BCUT2D eigenvalue weighted by molar-refractivity contribution is -0.384. The maximum Gasteiger partial charge on any atom is 0.325 e. The number of halogens is 1. The van der Waals surface area contributed by atoms with Gasteiger partial charge in [-0.2, -0.15) is 0 Å². The van der Waals surface area contributed by atoms with E-state index in [4.69, 9.17) is 11.6 Å². The maximum atomic E-state index is 12.4. The molecule has 0 saturated carbocycles. The van der Waals surface area contributed by atoms with E-state index in [1.54, 1.807) is 0 Å². The third-order valence-corrected chi connectivity index (χ3v) is 3.13. The van der Waals surface area contributed by atoms with Crippen molar-refractivity contribution in [3.63, 3.8) is 0 Å². The Kier molecular flexibility index (Phi) is 6.10. The second-order valence-electron chi connectivity index (χ2n) is 4.20. The predicted octanol–water partition coefficient (Wildman–Crippen LogP) is 2.27. The number of nitrogens with zero attached hydrogens (tertiary/aromatic N) is 2. The molecule has 1 aromatic carbocycles. The molecule has 0 N–H and O–H groups in total. The van der Waals surface area contributed by atoms with Crippen molar-refractivity contribution in [2.75, 3.05) is 20.2 Å². The van der Waals surface area contributed by atoms with Gasteiger partial charge < -0.3 is 9.64 Å². The zero-order valence-corrected chi connectivity index (χ0v) is 12.4. The molecule has 0 aromatic heterocycles. The topological polar surface area (TPSA) is 89.8 Å². The first-order valence-electron chi connectivity index (χ1n) is 6.21. The Morgan fingerprint density at radius 2 is 2.10 bits per heavy atom. The fourth-order valence-electron chi connectivity index (χ4n) is 1.74. The highest BCUT2D eigenvalue weighted by Crippen LogP contribution is 2.28. The average Bonchev–Trinajstić information content (AvgIpc) is 2.45. The van der Waals surface area contributed by atoms with E-state index in [-0.39, 0.29) is 22.8 Å². The van der Waals surface area contributed by atoms with Crippen LogP contribution in [0.2, 0.25) is 5.02 Å². The summed E-state index contributed by atoms with van der Waals surface area (Å²) in [6.07, 6.45) is 0.620. The second-order valence-corrected chi connectivity index (χ2v) is 4.58. The minimum absolute atomic E-state index is 0.0109. The molecule has 114 valence electrons. The molecule has 0 aliphatic rings. The SMILES string of the molecule is CCCN(CC(=O)OC)C(=O)c1cccc([N+](=O)[O-])c1Cl. The van der Waals surface area contributed by atoms with Gasteiger partial charge in [-0.3, -0.25) is 19.7 Å². The van der Waals surface area contributed by atoms with Crippen LogP contribution in [-0.2, 0) is 9.53 Å². The summed E-state index contributed by atoms with van der Waals surface area (Å²) in [7, 11) is 1.22. The van der Waals surface area contributed by atoms with Crippen molar-refractivity contribution in [2.24, 2.45) is 0 Å². The van der Waals surface area contributed by atoms with Crippen LogP contribution in [0.25, 0.3) is 0 Å². The quantitative estimate of drug-likeness (QED) is 0.456. The Balaban J connectivity index is 3.12. The van der Waals surface area contributed by atoms with Gasteiger partial charge in [0, 0.05) is 12.6 Å². The first-order chi connectivity index (χ1) is 9.92. The van der Waals surface area contributed by atoms with Gasteiger partial charge in [0.2, 0.25) is 0 Å². The van der Waals surface area contributed by atoms with E-state index in [1.165, 1.54) is 30.2 Å². The number of benzene rings is 1. The van der Waals surface area contributed by atoms with Crippen LogP contribution in [0.3, 0.4) is 0 Å². The van der Waals surface area contributed by atoms with E-state index in [0.717, 1.165) is 0 Å². The van der Waals surface area contributed by atoms with Crippen molar-refractivity contribution in [1.29, 1.82) is 0 Å². The molecule has 0 unspecified atom stereocenters. The highest BCUT2D eigenvalue weighted by molar-refractivity contribution is 6.35. The van der Waals surface area contributed by atoms with Gasteiger partial charge in [0.25, 0.3) is 11.6 Å². The molecule has 0 heterocycles. The van der Waals surface area contributed by atoms with Crippen molar-refractivity contribution in [1.82, 2.24) is 4.90 Å². The van der Waals surface area contributed by atoms with Crippen LogP contribution in [0, 0.1) is 10.1 Å². The van der Waals surface area contributed by atoms with E-state index in [0.29, 0.717) is 13.0 Å². The summed E-state index contributed by atoms with van der Waals surface area (Å²) in [4.78, 5) is 35.2. The average molecular weight is 315 g/mol. The van der Waals surface area contributed by atoms with Crippen molar-refractivity contribution in [2.45, 2.75) is 13.3 Å². The van der Waals surface area contributed by atoms with Gasteiger partial charge in [-0.1, -0.05) is 24.6 Å². The minimum Gasteiger partial charge on any atom is -0.468 e. The summed E-state index contributed by atoms with van der Waals surface area (Å²) in [5, 5.41) is 10.6. The van der Waals surface area contributed by atoms with Crippen molar-refractivity contribution < 1.29 is 19.2 Å². The summed E-state index contributed by atoms with van der Waals surface area (Å²) in [6, 6.07) is 3.97. The fraction of sp³-hybridized carbons (Fsp3) is 0.385. The molecule has 7 nitrogen and oxygen atoms in total. The monoisotopic (exact) mass is 314 g/mol. The third-order valence-electron chi connectivity index (χ3n) is 2.73. The molecule has 0 atom stereocenters. The first kappa shape index (κ1) is 16.9. The van der Waals surface area contributed by atoms with Crippen LogP contribution in [-0.4, -0.2) is 41.9 Å². The van der Waals surface area contributed by atoms with E-state index in [1.807, 2.05) is 6.92 Å². The fourth-order valence-corrected chi connectivity index (χ4v) is 2.01. The number of nitro benzene ring substituents is 1. The Bertz CT molecular complexity index is 561.